The van der Waals surface area contributed by atoms with Gasteiger partial charge in [-0.25, -0.2) is 22.3 Å². The van der Waals surface area contributed by atoms with E-state index in [0.717, 1.165) is 18.2 Å². The first kappa shape index (κ1) is 16.7. The second kappa shape index (κ2) is 6.91. The Labute approximate surface area is 118 Å². The topological polar surface area (TPSA) is 101 Å². The molecule has 0 saturated carbocycles. The highest BCUT2D eigenvalue weighted by Crippen LogP contribution is 2.15. The number of carboxylic acid groups (broad SMARTS) is 1. The van der Waals surface area contributed by atoms with Gasteiger partial charge >= 0.3 is 5.97 Å². The summed E-state index contributed by atoms with van der Waals surface area (Å²) in [7, 11) is -5.07. The Kier molecular flexibility index (Phi) is 5.78. The van der Waals surface area contributed by atoms with Crippen LogP contribution in [0.4, 0.5) is 4.39 Å². The Morgan fingerprint density at radius 3 is 2.65 bits per heavy atom. The van der Waals surface area contributed by atoms with E-state index in [2.05, 4.69) is 4.72 Å². The van der Waals surface area contributed by atoms with Gasteiger partial charge in [0.05, 0.1) is 10.5 Å². The van der Waals surface area contributed by atoms with Crippen LogP contribution in [0.2, 0.25) is 0 Å². The Bertz CT molecular complexity index is 630. The van der Waals surface area contributed by atoms with Crippen LogP contribution >= 0.6 is 0 Å². The standard InChI is InChI=1S/C11H14FNO5S2/c1-2-19(16)6-5-13-20(17,18)8-3-4-10(12)9(7-8)11(14)15/h3-4,7,13H,2,5-6H2,1H3,(H,14,15). The van der Waals surface area contributed by atoms with Crippen molar-refractivity contribution in [3.63, 3.8) is 0 Å². The van der Waals surface area contributed by atoms with Crippen LogP contribution in [0.15, 0.2) is 23.1 Å². The largest absolute Gasteiger partial charge is 0.478 e. The fraction of sp³-hybridized carbons (Fsp3) is 0.364. The number of aromatic carboxylic acids is 1. The van der Waals surface area contributed by atoms with Crippen molar-refractivity contribution in [3.05, 3.63) is 29.6 Å². The Balaban J connectivity index is 2.90. The van der Waals surface area contributed by atoms with Crippen LogP contribution in [0.25, 0.3) is 0 Å². The van der Waals surface area contributed by atoms with Crippen LogP contribution in [-0.4, -0.2) is 41.8 Å². The van der Waals surface area contributed by atoms with Crippen molar-refractivity contribution in [1.29, 1.82) is 0 Å². The molecule has 0 fully saturated rings. The number of carbonyl (C=O) groups is 1. The maximum absolute atomic E-state index is 13.2. The van der Waals surface area contributed by atoms with Crippen molar-refractivity contribution < 1.29 is 26.9 Å². The van der Waals surface area contributed by atoms with E-state index in [9.17, 15) is 21.8 Å². The molecule has 0 radical (unpaired) electrons. The molecule has 112 valence electrons. The van der Waals surface area contributed by atoms with E-state index in [4.69, 9.17) is 5.11 Å². The Hall–Kier alpha value is -1.32. The average Bonchev–Trinajstić information content (AvgIpc) is 2.38. The fourth-order valence-corrected chi connectivity index (χ4v) is 3.16. The van der Waals surface area contributed by atoms with E-state index in [1.54, 1.807) is 6.92 Å². The molecule has 9 heteroatoms. The zero-order valence-electron chi connectivity index (χ0n) is 10.6. The molecule has 0 amide bonds. The summed E-state index contributed by atoms with van der Waals surface area (Å²) in [6.45, 7) is 1.67. The normalized spacial score (nSPS) is 13.1. The van der Waals surface area contributed by atoms with Gasteiger partial charge in [0.2, 0.25) is 10.0 Å². The van der Waals surface area contributed by atoms with Crippen molar-refractivity contribution in [2.24, 2.45) is 0 Å². The molecule has 0 bridgehead atoms. The molecule has 0 aliphatic rings. The van der Waals surface area contributed by atoms with Crippen molar-refractivity contribution in [1.82, 2.24) is 4.72 Å². The number of benzene rings is 1. The van der Waals surface area contributed by atoms with Crippen molar-refractivity contribution in [2.75, 3.05) is 18.1 Å². The number of hydrogen-bond donors (Lipinski definition) is 2. The lowest BCUT2D eigenvalue weighted by atomic mass is 10.2. The van der Waals surface area contributed by atoms with E-state index >= 15 is 0 Å². The lowest BCUT2D eigenvalue weighted by Gasteiger charge is -2.07. The summed E-state index contributed by atoms with van der Waals surface area (Å²) in [5.41, 5.74) is -0.718. The van der Waals surface area contributed by atoms with Crippen molar-refractivity contribution in [3.8, 4) is 0 Å². The van der Waals surface area contributed by atoms with Gasteiger partial charge in [-0.3, -0.25) is 4.21 Å². The van der Waals surface area contributed by atoms with Crippen LogP contribution in [0, 0.1) is 5.82 Å². The summed E-state index contributed by atoms with van der Waals surface area (Å²) in [6, 6.07) is 2.50. The molecule has 20 heavy (non-hydrogen) atoms. The third-order valence-electron chi connectivity index (χ3n) is 2.42. The first-order valence-corrected chi connectivity index (χ1v) is 8.62. The van der Waals surface area contributed by atoms with E-state index in [-0.39, 0.29) is 17.2 Å². The zero-order chi connectivity index (χ0) is 15.3. The van der Waals surface area contributed by atoms with Gasteiger partial charge in [-0.2, -0.15) is 0 Å². The molecule has 6 nitrogen and oxygen atoms in total. The third-order valence-corrected chi connectivity index (χ3v) is 5.18. The van der Waals surface area contributed by atoms with Crippen LogP contribution in [0.5, 0.6) is 0 Å². The molecule has 2 N–H and O–H groups in total. The van der Waals surface area contributed by atoms with Gasteiger partial charge in [0, 0.05) is 28.9 Å². The molecule has 1 aromatic carbocycles. The van der Waals surface area contributed by atoms with E-state index in [1.807, 2.05) is 0 Å². The molecule has 0 saturated heterocycles. The predicted molar refractivity (Wildman–Crippen MR) is 72.1 cm³/mol. The minimum Gasteiger partial charge on any atom is -0.478 e. The minimum atomic E-state index is -3.95. The molecule has 0 spiro atoms. The van der Waals surface area contributed by atoms with Gasteiger partial charge in [-0.05, 0) is 18.2 Å². The molecule has 0 heterocycles. The summed E-state index contributed by atoms with van der Waals surface area (Å²) in [5, 5.41) is 8.74. The molecule has 1 aromatic rings. The van der Waals surface area contributed by atoms with Gasteiger partial charge in [-0.15, -0.1) is 0 Å². The van der Waals surface area contributed by atoms with E-state index < -0.39 is 38.2 Å². The molecule has 0 aliphatic carbocycles. The number of hydrogen-bond acceptors (Lipinski definition) is 4. The van der Waals surface area contributed by atoms with Gasteiger partial charge in [0.1, 0.15) is 5.82 Å². The first-order valence-electron chi connectivity index (χ1n) is 5.65. The summed E-state index contributed by atoms with van der Waals surface area (Å²) < 4.78 is 50.3. The zero-order valence-corrected chi connectivity index (χ0v) is 12.3. The first-order chi connectivity index (χ1) is 9.27. The van der Waals surface area contributed by atoms with Gasteiger partial charge in [-0.1, -0.05) is 6.92 Å². The van der Waals surface area contributed by atoms with E-state index in [1.165, 1.54) is 0 Å². The molecule has 1 unspecified atom stereocenters. The minimum absolute atomic E-state index is 0.0391. The van der Waals surface area contributed by atoms with Gasteiger partial charge in [0.25, 0.3) is 0 Å². The SMILES string of the molecule is CCS(=O)CCNS(=O)(=O)c1ccc(F)c(C(=O)O)c1. The molecular formula is C11H14FNO5S2. The molecule has 1 atom stereocenters. The van der Waals surface area contributed by atoms with Crippen LogP contribution < -0.4 is 4.72 Å². The average molecular weight is 323 g/mol. The number of sulfonamides is 1. The van der Waals surface area contributed by atoms with Crippen LogP contribution in [0.3, 0.4) is 0 Å². The summed E-state index contributed by atoms with van der Waals surface area (Å²) in [5.74, 6) is -1.99. The quantitative estimate of drug-likeness (QED) is 0.764. The van der Waals surface area contributed by atoms with Crippen LogP contribution in [0.1, 0.15) is 17.3 Å². The Morgan fingerprint density at radius 1 is 1.45 bits per heavy atom. The number of halogens is 1. The fourth-order valence-electron chi connectivity index (χ4n) is 1.35. The number of rotatable bonds is 7. The highest BCUT2D eigenvalue weighted by molar-refractivity contribution is 7.89. The number of carboxylic acids is 1. The highest BCUT2D eigenvalue weighted by atomic mass is 32.2. The lowest BCUT2D eigenvalue weighted by Crippen LogP contribution is -2.28. The van der Waals surface area contributed by atoms with Crippen LogP contribution in [-0.2, 0) is 20.8 Å². The summed E-state index contributed by atoms with van der Waals surface area (Å²) in [4.78, 5) is 10.4. The molecule has 1 rings (SSSR count). The molecule has 0 aromatic heterocycles. The molecular weight excluding hydrogens is 309 g/mol. The number of nitrogens with one attached hydrogen (secondary N) is 1. The second-order valence-corrected chi connectivity index (χ2v) is 7.41. The van der Waals surface area contributed by atoms with Crippen molar-refractivity contribution in [2.45, 2.75) is 11.8 Å². The maximum Gasteiger partial charge on any atom is 0.338 e. The van der Waals surface area contributed by atoms with Gasteiger partial charge < -0.3 is 5.11 Å². The second-order valence-electron chi connectivity index (χ2n) is 3.78. The summed E-state index contributed by atoms with van der Waals surface area (Å²) in [6.07, 6.45) is 0. The third kappa shape index (κ3) is 4.36. The predicted octanol–water partition coefficient (Wildman–Crippen LogP) is 0.571. The maximum atomic E-state index is 13.2. The Morgan fingerprint density at radius 2 is 2.10 bits per heavy atom. The lowest BCUT2D eigenvalue weighted by molar-refractivity contribution is 0.0691. The van der Waals surface area contributed by atoms with Crippen molar-refractivity contribution >= 4 is 26.8 Å². The summed E-state index contributed by atoms with van der Waals surface area (Å²) >= 11 is 0. The van der Waals surface area contributed by atoms with E-state index in [0.29, 0.717) is 5.75 Å². The monoisotopic (exact) mass is 323 g/mol. The van der Waals surface area contributed by atoms with Gasteiger partial charge in [0.15, 0.2) is 0 Å². The smallest absolute Gasteiger partial charge is 0.338 e. The molecule has 0 aliphatic heterocycles. The highest BCUT2D eigenvalue weighted by Gasteiger charge is 2.18.